The predicted molar refractivity (Wildman–Crippen MR) is 73.2 cm³/mol. The van der Waals surface area contributed by atoms with Gasteiger partial charge in [-0.25, -0.2) is 0 Å². The Hall–Kier alpha value is -1.55. The highest BCUT2D eigenvalue weighted by Crippen LogP contribution is 2.36. The van der Waals surface area contributed by atoms with Gasteiger partial charge in [-0.1, -0.05) is 18.6 Å². The van der Waals surface area contributed by atoms with Crippen molar-refractivity contribution in [2.24, 2.45) is 11.7 Å². The lowest BCUT2D eigenvalue weighted by Gasteiger charge is -2.26. The molecular weight excluding hydrogens is 242 g/mol. The van der Waals surface area contributed by atoms with Gasteiger partial charge in [0.15, 0.2) is 0 Å². The molecule has 1 aliphatic carbocycles. The van der Waals surface area contributed by atoms with Crippen LogP contribution in [-0.4, -0.2) is 23.2 Å². The molecule has 0 saturated heterocycles. The van der Waals surface area contributed by atoms with E-state index in [0.717, 1.165) is 24.2 Å². The Kier molecular flexibility index (Phi) is 4.10. The van der Waals surface area contributed by atoms with Crippen molar-refractivity contribution in [1.82, 2.24) is 0 Å². The lowest BCUT2D eigenvalue weighted by molar-refractivity contribution is -0.144. The van der Waals surface area contributed by atoms with E-state index >= 15 is 0 Å². The second-order valence-corrected chi connectivity index (χ2v) is 5.39. The van der Waals surface area contributed by atoms with E-state index in [1.54, 1.807) is 0 Å². The minimum Gasteiger partial charge on any atom is -0.494 e. The minimum absolute atomic E-state index is 0.00908. The summed E-state index contributed by atoms with van der Waals surface area (Å²) in [6, 6.07) is 7.85. The summed E-state index contributed by atoms with van der Waals surface area (Å²) >= 11 is 0. The molecule has 2 rings (SSSR count). The molecule has 2 atom stereocenters. The van der Waals surface area contributed by atoms with Gasteiger partial charge in [0.1, 0.15) is 11.3 Å². The van der Waals surface area contributed by atoms with E-state index in [4.69, 9.17) is 10.5 Å². The molecule has 0 radical (unpaired) electrons. The van der Waals surface area contributed by atoms with Crippen molar-refractivity contribution in [3.63, 3.8) is 0 Å². The first-order valence-electron chi connectivity index (χ1n) is 6.74. The number of hydrogen-bond acceptors (Lipinski definition) is 3. The molecule has 1 fully saturated rings. The fourth-order valence-corrected chi connectivity index (χ4v) is 2.81. The van der Waals surface area contributed by atoms with Crippen molar-refractivity contribution >= 4 is 5.97 Å². The lowest BCUT2D eigenvalue weighted by atomic mass is 9.86. The van der Waals surface area contributed by atoms with Gasteiger partial charge in [0.25, 0.3) is 0 Å². The normalized spacial score (nSPS) is 26.3. The van der Waals surface area contributed by atoms with Crippen molar-refractivity contribution in [3.05, 3.63) is 29.8 Å². The SMILES string of the molecule is Cc1cccc(OCCC2CCCC2(N)C(=O)O)c1. The fraction of sp³-hybridized carbons (Fsp3) is 0.533. The molecule has 1 aromatic carbocycles. The first-order valence-corrected chi connectivity index (χ1v) is 6.74. The van der Waals surface area contributed by atoms with E-state index in [9.17, 15) is 9.90 Å². The Morgan fingerprint density at radius 2 is 2.37 bits per heavy atom. The third-order valence-electron chi connectivity index (χ3n) is 3.99. The summed E-state index contributed by atoms with van der Waals surface area (Å²) in [7, 11) is 0. The molecule has 0 heterocycles. The number of aliphatic carboxylic acids is 1. The number of carboxylic acid groups (broad SMARTS) is 1. The highest BCUT2D eigenvalue weighted by Gasteiger charge is 2.45. The first-order chi connectivity index (χ1) is 9.02. The second-order valence-electron chi connectivity index (χ2n) is 5.39. The van der Waals surface area contributed by atoms with Crippen LogP contribution in [0.1, 0.15) is 31.2 Å². The molecule has 3 N–H and O–H groups in total. The van der Waals surface area contributed by atoms with Gasteiger partial charge in [0.2, 0.25) is 0 Å². The smallest absolute Gasteiger partial charge is 0.323 e. The van der Waals surface area contributed by atoms with E-state index in [0.29, 0.717) is 19.4 Å². The van der Waals surface area contributed by atoms with Crippen molar-refractivity contribution in [2.45, 2.75) is 38.1 Å². The number of aryl methyl sites for hydroxylation is 1. The van der Waals surface area contributed by atoms with Gasteiger partial charge in [-0.15, -0.1) is 0 Å². The van der Waals surface area contributed by atoms with Crippen LogP contribution in [0.25, 0.3) is 0 Å². The van der Waals surface area contributed by atoms with Crippen LogP contribution in [0, 0.1) is 12.8 Å². The molecule has 0 aliphatic heterocycles. The summed E-state index contributed by atoms with van der Waals surface area (Å²) in [4.78, 5) is 11.2. The summed E-state index contributed by atoms with van der Waals surface area (Å²) in [5, 5.41) is 9.23. The lowest BCUT2D eigenvalue weighted by Crippen LogP contribution is -2.51. The third kappa shape index (κ3) is 3.07. The molecule has 4 nitrogen and oxygen atoms in total. The van der Waals surface area contributed by atoms with Crippen molar-refractivity contribution in [2.75, 3.05) is 6.61 Å². The molecule has 1 aromatic rings. The second kappa shape index (κ2) is 5.61. The highest BCUT2D eigenvalue weighted by atomic mass is 16.5. The highest BCUT2D eigenvalue weighted by molar-refractivity contribution is 5.79. The van der Waals surface area contributed by atoms with Gasteiger partial charge in [-0.2, -0.15) is 0 Å². The fourth-order valence-electron chi connectivity index (χ4n) is 2.81. The van der Waals surface area contributed by atoms with E-state index in [-0.39, 0.29) is 5.92 Å². The minimum atomic E-state index is -1.06. The van der Waals surface area contributed by atoms with Crippen LogP contribution in [0.5, 0.6) is 5.75 Å². The van der Waals surface area contributed by atoms with Gasteiger partial charge in [-0.3, -0.25) is 4.79 Å². The van der Waals surface area contributed by atoms with Gasteiger partial charge in [0, 0.05) is 0 Å². The summed E-state index contributed by atoms with van der Waals surface area (Å²) in [5.41, 5.74) is 6.09. The molecule has 4 heteroatoms. The van der Waals surface area contributed by atoms with Crippen LogP contribution >= 0.6 is 0 Å². The van der Waals surface area contributed by atoms with Crippen LogP contribution in [-0.2, 0) is 4.79 Å². The molecule has 2 unspecified atom stereocenters. The zero-order chi connectivity index (χ0) is 13.9. The zero-order valence-electron chi connectivity index (χ0n) is 11.3. The average Bonchev–Trinajstić information content (AvgIpc) is 2.73. The number of ether oxygens (including phenoxy) is 1. The summed E-state index contributed by atoms with van der Waals surface area (Å²) in [5.74, 6) is -0.0451. The molecule has 19 heavy (non-hydrogen) atoms. The Balaban J connectivity index is 1.87. The van der Waals surface area contributed by atoms with Crippen LogP contribution in [0.2, 0.25) is 0 Å². The molecule has 0 spiro atoms. The number of carbonyl (C=O) groups is 1. The van der Waals surface area contributed by atoms with Crippen LogP contribution in [0.4, 0.5) is 0 Å². The Morgan fingerprint density at radius 3 is 3.05 bits per heavy atom. The molecule has 1 aliphatic rings. The monoisotopic (exact) mass is 263 g/mol. The Bertz CT molecular complexity index is 460. The van der Waals surface area contributed by atoms with Crippen LogP contribution in [0.15, 0.2) is 24.3 Å². The molecular formula is C15H21NO3. The Morgan fingerprint density at radius 1 is 1.58 bits per heavy atom. The van der Waals surface area contributed by atoms with Gasteiger partial charge in [0.05, 0.1) is 6.61 Å². The maximum atomic E-state index is 11.2. The van der Waals surface area contributed by atoms with E-state index in [1.165, 1.54) is 0 Å². The maximum absolute atomic E-state index is 11.2. The number of nitrogens with two attached hydrogens (primary N) is 1. The quantitative estimate of drug-likeness (QED) is 0.855. The maximum Gasteiger partial charge on any atom is 0.323 e. The van der Waals surface area contributed by atoms with Crippen LogP contribution < -0.4 is 10.5 Å². The average molecular weight is 263 g/mol. The number of benzene rings is 1. The van der Waals surface area contributed by atoms with E-state index in [1.807, 2.05) is 31.2 Å². The van der Waals surface area contributed by atoms with Gasteiger partial charge >= 0.3 is 5.97 Å². The summed E-state index contributed by atoms with van der Waals surface area (Å²) < 4.78 is 5.67. The van der Waals surface area contributed by atoms with E-state index in [2.05, 4.69) is 0 Å². The van der Waals surface area contributed by atoms with Crippen LogP contribution in [0.3, 0.4) is 0 Å². The molecule has 0 bridgehead atoms. The van der Waals surface area contributed by atoms with E-state index < -0.39 is 11.5 Å². The topological polar surface area (TPSA) is 72.5 Å². The summed E-state index contributed by atoms with van der Waals surface area (Å²) in [6.07, 6.45) is 3.02. The summed E-state index contributed by atoms with van der Waals surface area (Å²) in [6.45, 7) is 2.53. The predicted octanol–water partition coefficient (Wildman–Crippen LogP) is 2.35. The number of carboxylic acids is 1. The largest absolute Gasteiger partial charge is 0.494 e. The third-order valence-corrected chi connectivity index (χ3v) is 3.99. The number of hydrogen-bond donors (Lipinski definition) is 2. The first kappa shape index (κ1) is 13.9. The molecule has 104 valence electrons. The van der Waals surface area contributed by atoms with Gasteiger partial charge in [-0.05, 0) is 49.8 Å². The van der Waals surface area contributed by atoms with Gasteiger partial charge < -0.3 is 15.6 Å². The van der Waals surface area contributed by atoms with Crippen molar-refractivity contribution in [1.29, 1.82) is 0 Å². The zero-order valence-corrected chi connectivity index (χ0v) is 11.3. The molecule has 0 aromatic heterocycles. The molecule has 1 saturated carbocycles. The Labute approximate surface area is 113 Å². The van der Waals surface area contributed by atoms with Crippen molar-refractivity contribution < 1.29 is 14.6 Å². The van der Waals surface area contributed by atoms with Crippen molar-refractivity contribution in [3.8, 4) is 5.75 Å². The molecule has 0 amide bonds. The standard InChI is InChI=1S/C15H21NO3/c1-11-4-2-6-13(10-11)19-9-7-12-5-3-8-15(12,16)14(17)18/h2,4,6,10,12H,3,5,7-9,16H2,1H3,(H,17,18). The number of rotatable bonds is 5.